The fraction of sp³-hybridized carbons (Fsp3) is 0.364. The molecule has 1 unspecified atom stereocenters. The Morgan fingerprint density at radius 1 is 1.14 bits per heavy atom. The molecule has 152 valence electrons. The maximum atomic E-state index is 12.5. The quantitative estimate of drug-likeness (QED) is 0.724. The Labute approximate surface area is 169 Å². The zero-order valence-electron chi connectivity index (χ0n) is 16.6. The molecule has 1 amide bonds. The zero-order chi connectivity index (χ0) is 20.4. The van der Waals surface area contributed by atoms with Crippen LogP contribution in [0.2, 0.25) is 0 Å². The molecule has 2 aromatic rings. The van der Waals surface area contributed by atoms with Crippen molar-refractivity contribution >= 4 is 23.3 Å². The molecular formula is C22H24N2O5. The molecule has 7 nitrogen and oxygen atoms in total. The Hall–Kier alpha value is -3.22. The molecule has 0 bridgehead atoms. The van der Waals surface area contributed by atoms with E-state index in [1.54, 1.807) is 17.0 Å². The Bertz CT molecular complexity index is 927. The first-order valence-electron chi connectivity index (χ1n) is 9.64. The van der Waals surface area contributed by atoms with Crippen molar-refractivity contribution in [1.82, 2.24) is 0 Å². The lowest BCUT2D eigenvalue weighted by atomic mass is 10.1. The summed E-state index contributed by atoms with van der Waals surface area (Å²) in [6, 6.07) is 13.2. The van der Waals surface area contributed by atoms with Crippen LogP contribution in [0.5, 0.6) is 11.5 Å². The summed E-state index contributed by atoms with van der Waals surface area (Å²) in [7, 11) is 3.92. The van der Waals surface area contributed by atoms with Crippen molar-refractivity contribution in [2.24, 2.45) is 5.92 Å². The minimum Gasteiger partial charge on any atom is -0.486 e. The highest BCUT2D eigenvalue weighted by molar-refractivity contribution is 5.99. The third-order valence-electron chi connectivity index (χ3n) is 5.10. The summed E-state index contributed by atoms with van der Waals surface area (Å²) in [4.78, 5) is 28.6. The third-order valence-corrected chi connectivity index (χ3v) is 5.10. The van der Waals surface area contributed by atoms with Crippen molar-refractivity contribution in [3.05, 3.63) is 48.0 Å². The second-order valence-electron chi connectivity index (χ2n) is 7.41. The van der Waals surface area contributed by atoms with E-state index in [-0.39, 0.29) is 24.9 Å². The normalized spacial score (nSPS) is 17.9. The van der Waals surface area contributed by atoms with Crippen LogP contribution in [-0.2, 0) is 20.9 Å². The first kappa shape index (κ1) is 19.1. The van der Waals surface area contributed by atoms with Gasteiger partial charge in [0.25, 0.3) is 0 Å². The summed E-state index contributed by atoms with van der Waals surface area (Å²) in [6.07, 6.45) is 0.144. The molecule has 1 atom stereocenters. The van der Waals surface area contributed by atoms with Gasteiger partial charge in [0.1, 0.15) is 19.8 Å². The first-order valence-corrected chi connectivity index (χ1v) is 9.64. The van der Waals surface area contributed by atoms with Gasteiger partial charge in [0.15, 0.2) is 11.5 Å². The molecule has 2 heterocycles. The number of fused-ring (bicyclic) bond motifs is 1. The molecule has 1 fully saturated rings. The molecule has 0 N–H and O–H groups in total. The molecule has 1 saturated heterocycles. The molecular weight excluding hydrogens is 372 g/mol. The van der Waals surface area contributed by atoms with E-state index >= 15 is 0 Å². The number of ether oxygens (including phenoxy) is 3. The summed E-state index contributed by atoms with van der Waals surface area (Å²) < 4.78 is 16.6. The number of esters is 1. The second kappa shape index (κ2) is 8.03. The van der Waals surface area contributed by atoms with E-state index in [9.17, 15) is 9.59 Å². The number of carbonyl (C=O) groups is 2. The molecule has 2 aliphatic rings. The van der Waals surface area contributed by atoms with Crippen LogP contribution in [-0.4, -0.2) is 45.7 Å². The average Bonchev–Trinajstić information content (AvgIpc) is 3.13. The minimum atomic E-state index is -0.479. The Kier molecular flexibility index (Phi) is 5.29. The Balaban J connectivity index is 1.39. The van der Waals surface area contributed by atoms with Crippen molar-refractivity contribution < 1.29 is 23.8 Å². The van der Waals surface area contributed by atoms with Gasteiger partial charge in [-0.25, -0.2) is 0 Å². The average molecular weight is 396 g/mol. The van der Waals surface area contributed by atoms with Crippen molar-refractivity contribution in [3.63, 3.8) is 0 Å². The molecule has 4 rings (SSSR count). The number of hydrogen-bond donors (Lipinski definition) is 0. The summed E-state index contributed by atoms with van der Waals surface area (Å²) in [6.45, 7) is 1.49. The molecule has 0 aromatic heterocycles. The van der Waals surface area contributed by atoms with Crippen LogP contribution in [0.25, 0.3) is 0 Å². The monoisotopic (exact) mass is 396 g/mol. The molecule has 7 heteroatoms. The van der Waals surface area contributed by atoms with Gasteiger partial charge >= 0.3 is 5.97 Å². The number of anilines is 2. The standard InChI is InChI=1S/C22H24N2O5/c1-23(2)17-5-3-4-15(10-17)14-29-22(26)16-11-21(25)24(13-16)18-6-7-19-20(12-18)28-9-8-27-19/h3-7,10,12,16H,8-9,11,13-14H2,1-2H3. The number of nitrogens with zero attached hydrogens (tertiary/aromatic N) is 2. The van der Waals surface area contributed by atoms with Gasteiger partial charge in [-0.15, -0.1) is 0 Å². The molecule has 0 radical (unpaired) electrons. The van der Waals surface area contributed by atoms with Crippen LogP contribution in [0.1, 0.15) is 12.0 Å². The lowest BCUT2D eigenvalue weighted by Crippen LogP contribution is -2.26. The highest BCUT2D eigenvalue weighted by atomic mass is 16.6. The van der Waals surface area contributed by atoms with Crippen LogP contribution in [0.15, 0.2) is 42.5 Å². The summed E-state index contributed by atoms with van der Waals surface area (Å²) in [5, 5.41) is 0. The molecule has 0 spiro atoms. The van der Waals surface area contributed by atoms with Gasteiger partial charge in [0, 0.05) is 44.5 Å². The predicted octanol–water partition coefficient (Wildman–Crippen LogP) is 2.62. The number of hydrogen-bond acceptors (Lipinski definition) is 6. The van der Waals surface area contributed by atoms with E-state index in [4.69, 9.17) is 14.2 Å². The van der Waals surface area contributed by atoms with Crippen molar-refractivity contribution in [2.75, 3.05) is 43.7 Å². The SMILES string of the molecule is CN(C)c1cccc(COC(=O)C2CC(=O)N(c3ccc4c(c3)OCCO4)C2)c1. The van der Waals surface area contributed by atoms with Gasteiger partial charge < -0.3 is 24.0 Å². The predicted molar refractivity (Wildman–Crippen MR) is 108 cm³/mol. The van der Waals surface area contributed by atoms with Crippen LogP contribution >= 0.6 is 0 Å². The highest BCUT2D eigenvalue weighted by Crippen LogP contribution is 2.36. The van der Waals surface area contributed by atoms with Crippen LogP contribution in [0.4, 0.5) is 11.4 Å². The highest BCUT2D eigenvalue weighted by Gasteiger charge is 2.36. The van der Waals surface area contributed by atoms with E-state index in [2.05, 4.69) is 0 Å². The molecule has 29 heavy (non-hydrogen) atoms. The van der Waals surface area contributed by atoms with Crippen molar-refractivity contribution in [3.8, 4) is 11.5 Å². The molecule has 0 saturated carbocycles. The minimum absolute atomic E-state index is 0.0989. The van der Waals surface area contributed by atoms with E-state index in [0.717, 1.165) is 11.3 Å². The van der Waals surface area contributed by atoms with Gasteiger partial charge in [0.05, 0.1) is 5.92 Å². The Morgan fingerprint density at radius 2 is 1.93 bits per heavy atom. The van der Waals surface area contributed by atoms with Gasteiger partial charge in [-0.2, -0.15) is 0 Å². The zero-order valence-corrected chi connectivity index (χ0v) is 16.6. The number of carbonyl (C=O) groups excluding carboxylic acids is 2. The van der Waals surface area contributed by atoms with E-state index in [1.807, 2.05) is 49.3 Å². The topological polar surface area (TPSA) is 68.3 Å². The summed E-state index contributed by atoms with van der Waals surface area (Å²) >= 11 is 0. The van der Waals surface area contributed by atoms with Crippen molar-refractivity contribution in [1.29, 1.82) is 0 Å². The molecule has 0 aliphatic carbocycles. The van der Waals surface area contributed by atoms with Crippen LogP contribution in [0, 0.1) is 5.92 Å². The summed E-state index contributed by atoms with van der Waals surface area (Å²) in [5.41, 5.74) is 2.66. The lowest BCUT2D eigenvalue weighted by Gasteiger charge is -2.22. The maximum Gasteiger partial charge on any atom is 0.311 e. The van der Waals surface area contributed by atoms with Gasteiger partial charge in [-0.1, -0.05) is 12.1 Å². The van der Waals surface area contributed by atoms with Gasteiger partial charge in [0.2, 0.25) is 5.91 Å². The number of benzene rings is 2. The first-order chi connectivity index (χ1) is 14.0. The largest absolute Gasteiger partial charge is 0.486 e. The molecule has 2 aromatic carbocycles. The van der Waals surface area contributed by atoms with E-state index < -0.39 is 5.92 Å². The number of rotatable bonds is 5. The fourth-order valence-corrected chi connectivity index (χ4v) is 3.51. The second-order valence-corrected chi connectivity index (χ2v) is 7.41. The van der Waals surface area contributed by atoms with Gasteiger partial charge in [-0.05, 0) is 29.8 Å². The molecule has 2 aliphatic heterocycles. The van der Waals surface area contributed by atoms with Crippen LogP contribution < -0.4 is 19.3 Å². The fourth-order valence-electron chi connectivity index (χ4n) is 3.51. The van der Waals surface area contributed by atoms with E-state index in [1.165, 1.54) is 0 Å². The number of amides is 1. The van der Waals surface area contributed by atoms with E-state index in [0.29, 0.717) is 36.9 Å². The summed E-state index contributed by atoms with van der Waals surface area (Å²) in [5.74, 6) is 0.357. The third kappa shape index (κ3) is 4.13. The smallest absolute Gasteiger partial charge is 0.311 e. The lowest BCUT2D eigenvalue weighted by molar-refractivity contribution is -0.149. The maximum absolute atomic E-state index is 12.5. The van der Waals surface area contributed by atoms with Crippen LogP contribution in [0.3, 0.4) is 0 Å². The van der Waals surface area contributed by atoms with Crippen molar-refractivity contribution in [2.45, 2.75) is 13.0 Å². The van der Waals surface area contributed by atoms with Gasteiger partial charge in [-0.3, -0.25) is 9.59 Å². The Morgan fingerprint density at radius 3 is 2.72 bits per heavy atom.